The van der Waals surface area contributed by atoms with Crippen LogP contribution in [0.3, 0.4) is 0 Å². The van der Waals surface area contributed by atoms with E-state index in [2.05, 4.69) is 214 Å². The highest BCUT2D eigenvalue weighted by molar-refractivity contribution is 6.06. The molecule has 0 aliphatic heterocycles. The van der Waals surface area contributed by atoms with Gasteiger partial charge < -0.3 is 4.42 Å². The molecule has 0 N–H and O–H groups in total. The molecular formula is C57H42O. The minimum atomic E-state index is 0.0364. The highest BCUT2D eigenvalue weighted by Gasteiger charge is 2.19. The summed E-state index contributed by atoms with van der Waals surface area (Å²) in [5.74, 6) is 0.0364. The zero-order valence-corrected chi connectivity index (χ0v) is 32.7. The normalized spacial score (nSPS) is 11.4. The number of hydrogen-bond acceptors (Lipinski definition) is 1. The molecule has 1 nitrogen and oxygen atoms in total. The molecule has 0 aliphatic rings. The van der Waals surface area contributed by atoms with Gasteiger partial charge in [0.2, 0.25) is 0 Å². The van der Waals surface area contributed by atoms with Crippen molar-refractivity contribution in [3.8, 4) is 55.6 Å². The van der Waals surface area contributed by atoms with Crippen molar-refractivity contribution in [2.45, 2.75) is 19.8 Å². The molecule has 10 rings (SSSR count). The first-order valence-electron chi connectivity index (χ1n) is 20.1. The number of hydrogen-bond donors (Lipinski definition) is 0. The Labute approximate surface area is 340 Å². The Bertz CT molecular complexity index is 2870. The molecule has 0 bridgehead atoms. The lowest BCUT2D eigenvalue weighted by Gasteiger charge is -2.21. The van der Waals surface area contributed by atoms with Crippen LogP contribution in [0, 0.1) is 13.8 Å². The Balaban J connectivity index is 0.997. The van der Waals surface area contributed by atoms with Crippen LogP contribution < -0.4 is 0 Å². The zero-order valence-electron chi connectivity index (χ0n) is 32.7. The van der Waals surface area contributed by atoms with Crippen LogP contribution in [0.2, 0.25) is 0 Å². The van der Waals surface area contributed by atoms with Crippen molar-refractivity contribution in [1.29, 1.82) is 0 Å². The fourth-order valence-corrected chi connectivity index (χ4v) is 8.32. The van der Waals surface area contributed by atoms with Crippen LogP contribution in [-0.4, -0.2) is 0 Å². The SMILES string of the molecule is Cc1ccc(-c2ccc(-c3ccc(C(c4ccc(-c5ccc(-c6ccc(C)cc6)cc5)cc4)c4cccc(-c5ccc6oc7ccccc7c6c5)c4)cc3)cc2)cc1. The second-order valence-electron chi connectivity index (χ2n) is 15.5. The van der Waals surface area contributed by atoms with Crippen molar-refractivity contribution in [1.82, 2.24) is 0 Å². The Morgan fingerprint density at radius 3 is 1.14 bits per heavy atom. The number of benzene rings is 9. The minimum Gasteiger partial charge on any atom is -0.456 e. The molecule has 0 aliphatic carbocycles. The van der Waals surface area contributed by atoms with Crippen LogP contribution >= 0.6 is 0 Å². The van der Waals surface area contributed by atoms with E-state index in [1.807, 2.05) is 12.1 Å². The first-order chi connectivity index (χ1) is 28.5. The fraction of sp³-hybridized carbons (Fsp3) is 0.0526. The molecule has 0 spiro atoms. The third kappa shape index (κ3) is 6.93. The quantitative estimate of drug-likeness (QED) is 0.141. The highest BCUT2D eigenvalue weighted by atomic mass is 16.3. The largest absolute Gasteiger partial charge is 0.456 e. The molecule has 0 unspecified atom stereocenters. The number of para-hydroxylation sites is 1. The van der Waals surface area contributed by atoms with Gasteiger partial charge in [0.05, 0.1) is 0 Å². The van der Waals surface area contributed by atoms with Crippen molar-refractivity contribution in [2.75, 3.05) is 0 Å². The molecule has 276 valence electrons. The van der Waals surface area contributed by atoms with Crippen LogP contribution in [0.1, 0.15) is 33.7 Å². The summed E-state index contributed by atoms with van der Waals surface area (Å²) < 4.78 is 6.16. The second kappa shape index (κ2) is 15.0. The molecular weight excluding hydrogens is 701 g/mol. The molecule has 0 amide bonds. The van der Waals surface area contributed by atoms with Gasteiger partial charge in [-0.1, -0.05) is 205 Å². The van der Waals surface area contributed by atoms with Gasteiger partial charge in [-0.15, -0.1) is 0 Å². The molecule has 1 heteroatoms. The average molecular weight is 743 g/mol. The molecule has 9 aromatic carbocycles. The molecule has 0 saturated carbocycles. The summed E-state index contributed by atoms with van der Waals surface area (Å²) in [4.78, 5) is 0. The summed E-state index contributed by atoms with van der Waals surface area (Å²) in [7, 11) is 0. The molecule has 58 heavy (non-hydrogen) atoms. The van der Waals surface area contributed by atoms with Crippen LogP contribution in [0.15, 0.2) is 217 Å². The van der Waals surface area contributed by atoms with Gasteiger partial charge in [0.1, 0.15) is 11.2 Å². The van der Waals surface area contributed by atoms with E-state index in [0.717, 1.165) is 21.9 Å². The summed E-state index contributed by atoms with van der Waals surface area (Å²) >= 11 is 0. The monoisotopic (exact) mass is 742 g/mol. The van der Waals surface area contributed by atoms with Crippen LogP contribution in [-0.2, 0) is 0 Å². The molecule has 1 heterocycles. The summed E-state index contributed by atoms with van der Waals surface area (Å²) in [6.07, 6.45) is 0. The number of rotatable bonds is 8. The van der Waals surface area contributed by atoms with Gasteiger partial charge in [-0.05, 0) is 104 Å². The maximum atomic E-state index is 6.16. The van der Waals surface area contributed by atoms with E-state index in [4.69, 9.17) is 4.42 Å². The molecule has 0 fully saturated rings. The van der Waals surface area contributed by atoms with E-state index in [-0.39, 0.29) is 5.92 Å². The maximum absolute atomic E-state index is 6.16. The standard InChI is InChI=1S/C57H42O/c1-38-10-14-40(15-11-38)42-18-22-44(23-19-42)46-26-30-48(31-27-46)57(49-32-28-47(29-33-49)45-24-20-43(21-25-45)41-16-12-39(2)13-17-41)52-7-5-6-50(36-52)51-34-35-56-54(37-51)53-8-3-4-9-55(53)58-56/h3-37,57H,1-2H3. The zero-order chi connectivity index (χ0) is 39.0. The predicted octanol–water partition coefficient (Wildman–Crippen LogP) is 15.7. The van der Waals surface area contributed by atoms with Gasteiger partial charge in [0, 0.05) is 16.7 Å². The minimum absolute atomic E-state index is 0.0364. The first kappa shape index (κ1) is 35.2. The van der Waals surface area contributed by atoms with Gasteiger partial charge in [-0.2, -0.15) is 0 Å². The summed E-state index contributed by atoms with van der Waals surface area (Å²) in [6, 6.07) is 77.5. The van der Waals surface area contributed by atoms with Crippen LogP contribution in [0.5, 0.6) is 0 Å². The number of furan rings is 1. The molecule has 1 aromatic heterocycles. The van der Waals surface area contributed by atoms with Gasteiger partial charge in [0.15, 0.2) is 0 Å². The van der Waals surface area contributed by atoms with E-state index in [1.54, 1.807) is 0 Å². The lowest BCUT2D eigenvalue weighted by molar-refractivity contribution is 0.669. The van der Waals surface area contributed by atoms with E-state index in [0.29, 0.717) is 0 Å². The van der Waals surface area contributed by atoms with Crippen molar-refractivity contribution >= 4 is 21.9 Å². The predicted molar refractivity (Wildman–Crippen MR) is 244 cm³/mol. The fourth-order valence-electron chi connectivity index (χ4n) is 8.32. The number of aryl methyl sites for hydroxylation is 2. The van der Waals surface area contributed by atoms with Crippen molar-refractivity contribution in [3.05, 3.63) is 240 Å². The summed E-state index contributed by atoms with van der Waals surface area (Å²) in [5, 5.41) is 2.28. The molecule has 10 aromatic rings. The summed E-state index contributed by atoms with van der Waals surface area (Å²) in [6.45, 7) is 4.26. The lowest BCUT2D eigenvalue weighted by Crippen LogP contribution is -2.04. The van der Waals surface area contributed by atoms with Crippen molar-refractivity contribution in [2.24, 2.45) is 0 Å². The Morgan fingerprint density at radius 1 is 0.276 bits per heavy atom. The lowest BCUT2D eigenvalue weighted by atomic mass is 9.83. The van der Waals surface area contributed by atoms with Crippen molar-refractivity contribution in [3.63, 3.8) is 0 Å². The van der Waals surface area contributed by atoms with E-state index in [9.17, 15) is 0 Å². The third-order valence-corrected chi connectivity index (χ3v) is 11.6. The van der Waals surface area contributed by atoms with Gasteiger partial charge in [-0.3, -0.25) is 0 Å². The Hall–Kier alpha value is -7.22. The van der Waals surface area contributed by atoms with Crippen LogP contribution in [0.4, 0.5) is 0 Å². The first-order valence-corrected chi connectivity index (χ1v) is 20.1. The second-order valence-corrected chi connectivity index (χ2v) is 15.5. The van der Waals surface area contributed by atoms with E-state index >= 15 is 0 Å². The molecule has 0 atom stereocenters. The van der Waals surface area contributed by atoms with Gasteiger partial charge in [0.25, 0.3) is 0 Å². The summed E-state index contributed by atoms with van der Waals surface area (Å²) in [5.41, 5.74) is 20.2. The smallest absolute Gasteiger partial charge is 0.135 e. The van der Waals surface area contributed by atoms with Crippen LogP contribution in [0.25, 0.3) is 77.6 Å². The molecule has 0 saturated heterocycles. The highest BCUT2D eigenvalue weighted by Crippen LogP contribution is 2.38. The Kier molecular flexibility index (Phi) is 9.12. The maximum Gasteiger partial charge on any atom is 0.135 e. The topological polar surface area (TPSA) is 13.1 Å². The average Bonchev–Trinajstić information content (AvgIpc) is 3.66. The van der Waals surface area contributed by atoms with E-state index < -0.39 is 0 Å². The van der Waals surface area contributed by atoms with Crippen molar-refractivity contribution < 1.29 is 4.42 Å². The van der Waals surface area contributed by atoms with E-state index in [1.165, 1.54) is 83.5 Å². The third-order valence-electron chi connectivity index (χ3n) is 11.6. The van der Waals surface area contributed by atoms with Gasteiger partial charge >= 0.3 is 0 Å². The Morgan fingerprint density at radius 2 is 0.655 bits per heavy atom. The van der Waals surface area contributed by atoms with Gasteiger partial charge in [-0.25, -0.2) is 0 Å². The number of fused-ring (bicyclic) bond motifs is 3. The molecule has 0 radical (unpaired) electrons.